The van der Waals surface area contributed by atoms with Gasteiger partial charge in [0.05, 0.1) is 20.3 Å². The number of fused-ring (bicyclic) bond motifs is 1. The largest absolute Gasteiger partial charge is 0.255 e. The molecule has 1 fully saturated rings. The van der Waals surface area contributed by atoms with Crippen LogP contribution < -0.4 is 0 Å². The van der Waals surface area contributed by atoms with Crippen molar-refractivity contribution >= 4 is 42.6 Å². The molecule has 30 heavy (non-hydrogen) atoms. The van der Waals surface area contributed by atoms with E-state index in [0.29, 0.717) is 15.9 Å². The van der Waals surface area contributed by atoms with Gasteiger partial charge in [-0.15, -0.1) is 0 Å². The smallest absolute Gasteiger partial charge is 0.243 e. The zero-order chi connectivity index (χ0) is 21.5. The highest BCUT2D eigenvalue weighted by Crippen LogP contribution is 2.30. The molecule has 0 unspecified atom stereocenters. The Bertz CT molecular complexity index is 1300. The number of benzene rings is 2. The Morgan fingerprint density at radius 1 is 0.833 bits per heavy atom. The summed E-state index contributed by atoms with van der Waals surface area (Å²) < 4.78 is 54.9. The maximum Gasteiger partial charge on any atom is 0.243 e. The van der Waals surface area contributed by atoms with E-state index < -0.39 is 20.0 Å². The molecule has 1 aliphatic rings. The molecule has 0 bridgehead atoms. The first kappa shape index (κ1) is 21.2. The summed E-state index contributed by atoms with van der Waals surface area (Å²) in [7, 11) is -7.50. The van der Waals surface area contributed by atoms with Gasteiger partial charge in [-0.3, -0.25) is 4.98 Å². The van der Waals surface area contributed by atoms with Crippen LogP contribution in [0, 0.1) is 6.92 Å². The molecule has 0 N–H and O–H groups in total. The van der Waals surface area contributed by atoms with Crippen molar-refractivity contribution in [3.05, 3.63) is 65.3 Å². The molecule has 0 radical (unpaired) electrons. The van der Waals surface area contributed by atoms with Gasteiger partial charge < -0.3 is 0 Å². The van der Waals surface area contributed by atoms with Crippen molar-refractivity contribution < 1.29 is 16.8 Å². The average Bonchev–Trinajstić information content (AvgIpc) is 2.74. The molecule has 10 heteroatoms. The van der Waals surface area contributed by atoms with Gasteiger partial charge in [0, 0.05) is 37.8 Å². The Hall–Kier alpha value is -2.04. The lowest BCUT2D eigenvalue weighted by Crippen LogP contribution is -2.50. The number of hydrogen-bond acceptors (Lipinski definition) is 5. The molecular formula is C20H20ClN3O4S2. The lowest BCUT2D eigenvalue weighted by Gasteiger charge is -2.33. The standard InChI is InChI=1S/C20H20ClN3O4S2/c1-15-4-6-16(7-5-15)29(25,26)23-11-13-24(14-12-23)30(27,28)19-9-8-18(21)20-17(19)3-2-10-22-20/h2-10H,11-14H2,1H3. The van der Waals surface area contributed by atoms with E-state index >= 15 is 0 Å². The monoisotopic (exact) mass is 465 g/mol. The number of nitrogens with zero attached hydrogens (tertiary/aromatic N) is 3. The van der Waals surface area contributed by atoms with Gasteiger partial charge in [0.15, 0.2) is 0 Å². The van der Waals surface area contributed by atoms with Crippen LogP contribution in [0.3, 0.4) is 0 Å². The van der Waals surface area contributed by atoms with Crippen molar-refractivity contribution in [2.75, 3.05) is 26.2 Å². The van der Waals surface area contributed by atoms with Crippen LogP contribution in [0.2, 0.25) is 5.02 Å². The average molecular weight is 466 g/mol. The quantitative estimate of drug-likeness (QED) is 0.591. The summed E-state index contributed by atoms with van der Waals surface area (Å²) in [5.74, 6) is 0. The zero-order valence-corrected chi connectivity index (χ0v) is 18.6. The number of rotatable bonds is 4. The fourth-order valence-corrected chi connectivity index (χ4v) is 6.73. The van der Waals surface area contributed by atoms with Crippen molar-refractivity contribution in [2.24, 2.45) is 0 Å². The third kappa shape index (κ3) is 3.72. The Morgan fingerprint density at radius 2 is 1.43 bits per heavy atom. The van der Waals surface area contributed by atoms with E-state index in [2.05, 4.69) is 4.98 Å². The molecule has 158 valence electrons. The minimum atomic E-state index is -3.83. The normalized spacial score (nSPS) is 16.7. The Morgan fingerprint density at radius 3 is 2.07 bits per heavy atom. The van der Waals surface area contributed by atoms with Gasteiger partial charge in [-0.2, -0.15) is 8.61 Å². The van der Waals surface area contributed by atoms with Crippen molar-refractivity contribution in [3.63, 3.8) is 0 Å². The van der Waals surface area contributed by atoms with Crippen LogP contribution in [0.5, 0.6) is 0 Å². The molecule has 0 spiro atoms. The molecule has 1 aromatic heterocycles. The van der Waals surface area contributed by atoms with Gasteiger partial charge >= 0.3 is 0 Å². The molecule has 4 rings (SSSR count). The Labute approximate surface area is 181 Å². The highest BCUT2D eigenvalue weighted by atomic mass is 35.5. The second-order valence-electron chi connectivity index (χ2n) is 7.07. The number of hydrogen-bond donors (Lipinski definition) is 0. The van der Waals surface area contributed by atoms with E-state index in [4.69, 9.17) is 11.6 Å². The molecule has 3 aromatic rings. The summed E-state index contributed by atoms with van der Waals surface area (Å²) >= 11 is 6.16. The van der Waals surface area contributed by atoms with Gasteiger partial charge in [-0.25, -0.2) is 16.8 Å². The molecular weight excluding hydrogens is 446 g/mol. The van der Waals surface area contributed by atoms with E-state index in [0.717, 1.165) is 5.56 Å². The van der Waals surface area contributed by atoms with Crippen LogP contribution in [0.15, 0.2) is 64.5 Å². The maximum absolute atomic E-state index is 13.3. The molecule has 0 aliphatic carbocycles. The third-order valence-corrected chi connectivity index (χ3v) is 9.33. The zero-order valence-electron chi connectivity index (χ0n) is 16.2. The SMILES string of the molecule is Cc1ccc(S(=O)(=O)N2CCN(S(=O)(=O)c3ccc(Cl)c4ncccc34)CC2)cc1. The number of aryl methyl sites for hydroxylation is 1. The number of piperazine rings is 1. The lowest BCUT2D eigenvalue weighted by molar-refractivity contribution is 0.273. The topological polar surface area (TPSA) is 87.7 Å². The molecule has 7 nitrogen and oxygen atoms in total. The highest BCUT2D eigenvalue weighted by molar-refractivity contribution is 7.89. The van der Waals surface area contributed by atoms with Crippen LogP contribution in [-0.4, -0.2) is 56.6 Å². The predicted molar refractivity (Wildman–Crippen MR) is 115 cm³/mol. The van der Waals surface area contributed by atoms with Crippen molar-refractivity contribution in [3.8, 4) is 0 Å². The van der Waals surface area contributed by atoms with Crippen molar-refractivity contribution in [1.29, 1.82) is 0 Å². The van der Waals surface area contributed by atoms with Crippen LogP contribution in [-0.2, 0) is 20.0 Å². The highest BCUT2D eigenvalue weighted by Gasteiger charge is 2.34. The number of sulfonamides is 2. The van der Waals surface area contributed by atoms with Gasteiger partial charge in [0.2, 0.25) is 20.0 Å². The van der Waals surface area contributed by atoms with Crippen LogP contribution >= 0.6 is 11.6 Å². The van der Waals surface area contributed by atoms with Gasteiger partial charge in [-0.05, 0) is 43.3 Å². The second-order valence-corrected chi connectivity index (χ2v) is 11.3. The summed E-state index contributed by atoms with van der Waals surface area (Å²) in [4.78, 5) is 4.50. The summed E-state index contributed by atoms with van der Waals surface area (Å²) in [6, 6.07) is 12.9. The summed E-state index contributed by atoms with van der Waals surface area (Å²) in [5.41, 5.74) is 1.38. The fraction of sp³-hybridized carbons (Fsp3) is 0.250. The van der Waals surface area contributed by atoms with E-state index in [1.54, 1.807) is 42.6 Å². The first-order valence-corrected chi connectivity index (χ1v) is 12.6. The van der Waals surface area contributed by atoms with Gasteiger partial charge in [0.1, 0.15) is 0 Å². The van der Waals surface area contributed by atoms with E-state index in [1.165, 1.54) is 20.7 Å². The van der Waals surface area contributed by atoms with Gasteiger partial charge in [-0.1, -0.05) is 29.3 Å². The van der Waals surface area contributed by atoms with Crippen LogP contribution in [0.25, 0.3) is 10.9 Å². The summed E-state index contributed by atoms with van der Waals surface area (Å²) in [6.07, 6.45) is 1.55. The van der Waals surface area contributed by atoms with Crippen molar-refractivity contribution in [2.45, 2.75) is 16.7 Å². The third-order valence-electron chi connectivity index (χ3n) is 5.15. The number of halogens is 1. The van der Waals surface area contributed by atoms with E-state index in [9.17, 15) is 16.8 Å². The predicted octanol–water partition coefficient (Wildman–Crippen LogP) is 2.89. The lowest BCUT2D eigenvalue weighted by atomic mass is 10.2. The molecule has 0 atom stereocenters. The molecule has 0 saturated carbocycles. The first-order valence-electron chi connectivity index (χ1n) is 9.31. The molecule has 1 aliphatic heterocycles. The maximum atomic E-state index is 13.3. The van der Waals surface area contributed by atoms with Crippen LogP contribution in [0.4, 0.5) is 0 Å². The molecule has 2 heterocycles. The summed E-state index contributed by atoms with van der Waals surface area (Å²) in [5, 5.41) is 0.818. The minimum absolute atomic E-state index is 0.0673. The van der Waals surface area contributed by atoms with Gasteiger partial charge in [0.25, 0.3) is 0 Å². The van der Waals surface area contributed by atoms with E-state index in [1.807, 2.05) is 6.92 Å². The van der Waals surface area contributed by atoms with E-state index in [-0.39, 0.29) is 36.0 Å². The van der Waals surface area contributed by atoms with Crippen LogP contribution in [0.1, 0.15) is 5.56 Å². The number of aromatic nitrogens is 1. The molecule has 0 amide bonds. The number of pyridine rings is 1. The second kappa shape index (κ2) is 7.90. The Balaban J connectivity index is 1.58. The first-order chi connectivity index (χ1) is 14.2. The minimum Gasteiger partial charge on any atom is -0.255 e. The Kier molecular flexibility index (Phi) is 5.58. The van der Waals surface area contributed by atoms with Crippen molar-refractivity contribution in [1.82, 2.24) is 13.6 Å². The molecule has 2 aromatic carbocycles. The fourth-order valence-electron chi connectivity index (χ4n) is 3.49. The molecule has 1 saturated heterocycles. The summed E-state index contributed by atoms with van der Waals surface area (Å²) in [6.45, 7) is 2.18.